The molecule has 0 radical (unpaired) electrons. The number of imidazole rings is 1. The number of carbonyl (C=O) groups is 2. The summed E-state index contributed by atoms with van der Waals surface area (Å²) < 4.78 is 4.64. The predicted octanol–water partition coefficient (Wildman–Crippen LogP) is 1.90. The van der Waals surface area contributed by atoms with Crippen LogP contribution in [0.3, 0.4) is 0 Å². The number of rotatable bonds is 3. The van der Waals surface area contributed by atoms with Crippen molar-refractivity contribution >= 4 is 28.6 Å². The van der Waals surface area contributed by atoms with Gasteiger partial charge in [0.05, 0.1) is 23.7 Å². The summed E-state index contributed by atoms with van der Waals surface area (Å²) >= 11 is 0. The van der Waals surface area contributed by atoms with Gasteiger partial charge in [0.1, 0.15) is 0 Å². The van der Waals surface area contributed by atoms with E-state index in [1.54, 1.807) is 36.4 Å². The molecule has 0 saturated heterocycles. The number of amides is 1. The molecule has 3 aromatic rings. The number of hydrogen-bond acceptors (Lipinski definition) is 4. The fraction of sp³-hybridized carbons (Fsp3) is 0.0625. The zero-order valence-electron chi connectivity index (χ0n) is 12.2. The number of aromatic nitrogens is 2. The highest BCUT2D eigenvalue weighted by molar-refractivity contribution is 6.06. The van der Waals surface area contributed by atoms with Crippen LogP contribution in [0.1, 0.15) is 20.7 Å². The molecule has 1 aromatic heterocycles. The van der Waals surface area contributed by atoms with Crippen LogP contribution in [-0.2, 0) is 4.74 Å². The number of esters is 1. The highest BCUT2D eigenvalue weighted by Crippen LogP contribution is 2.15. The molecule has 0 saturated carbocycles. The molecule has 0 bridgehead atoms. The van der Waals surface area contributed by atoms with E-state index in [0.717, 1.165) is 0 Å². The van der Waals surface area contributed by atoms with Gasteiger partial charge >= 0.3 is 11.7 Å². The van der Waals surface area contributed by atoms with Crippen LogP contribution >= 0.6 is 0 Å². The van der Waals surface area contributed by atoms with Crippen LogP contribution in [-0.4, -0.2) is 29.0 Å². The van der Waals surface area contributed by atoms with Gasteiger partial charge in [-0.15, -0.1) is 0 Å². The summed E-state index contributed by atoms with van der Waals surface area (Å²) in [4.78, 5) is 40.2. The minimum atomic E-state index is -0.479. The topological polar surface area (TPSA) is 104 Å². The Labute approximate surface area is 130 Å². The molecule has 3 rings (SSSR count). The summed E-state index contributed by atoms with van der Waals surface area (Å²) in [6.45, 7) is 0. The molecule has 0 atom stereocenters. The van der Waals surface area contributed by atoms with E-state index in [1.807, 2.05) is 0 Å². The molecule has 23 heavy (non-hydrogen) atoms. The molecule has 0 aliphatic heterocycles. The molecular formula is C16H13N3O4. The van der Waals surface area contributed by atoms with Crippen molar-refractivity contribution in [3.05, 3.63) is 64.1 Å². The first-order valence-electron chi connectivity index (χ1n) is 6.78. The maximum absolute atomic E-state index is 12.3. The molecule has 0 fully saturated rings. The molecule has 116 valence electrons. The molecule has 7 nitrogen and oxygen atoms in total. The second-order valence-corrected chi connectivity index (χ2v) is 4.87. The van der Waals surface area contributed by atoms with Gasteiger partial charge in [0.15, 0.2) is 0 Å². The number of H-pyrrole nitrogens is 2. The predicted molar refractivity (Wildman–Crippen MR) is 84.7 cm³/mol. The van der Waals surface area contributed by atoms with E-state index in [4.69, 9.17) is 0 Å². The van der Waals surface area contributed by atoms with Crippen LogP contribution in [0, 0.1) is 0 Å². The van der Waals surface area contributed by atoms with Crippen molar-refractivity contribution in [3.63, 3.8) is 0 Å². The Morgan fingerprint density at radius 1 is 1.00 bits per heavy atom. The average Bonchev–Trinajstić information content (AvgIpc) is 2.93. The van der Waals surface area contributed by atoms with E-state index >= 15 is 0 Å². The maximum atomic E-state index is 12.3. The Balaban J connectivity index is 1.85. The third-order valence-corrected chi connectivity index (χ3v) is 3.32. The summed E-state index contributed by atoms with van der Waals surface area (Å²) in [5.41, 5.74) is 2.04. The lowest BCUT2D eigenvalue weighted by molar-refractivity contribution is 0.0600. The summed E-state index contributed by atoms with van der Waals surface area (Å²) in [5, 5.41) is 2.70. The van der Waals surface area contributed by atoms with E-state index in [-0.39, 0.29) is 11.6 Å². The third-order valence-electron chi connectivity index (χ3n) is 3.32. The van der Waals surface area contributed by atoms with Gasteiger partial charge in [-0.25, -0.2) is 9.59 Å². The molecule has 1 heterocycles. The quantitative estimate of drug-likeness (QED) is 0.642. The van der Waals surface area contributed by atoms with Crippen molar-refractivity contribution in [1.29, 1.82) is 0 Å². The van der Waals surface area contributed by atoms with Crippen LogP contribution in [0.5, 0.6) is 0 Å². The first kappa shape index (κ1) is 14.6. The number of carbonyl (C=O) groups excluding carboxylic acids is 2. The summed E-state index contributed by atoms with van der Waals surface area (Å²) in [7, 11) is 1.29. The standard InChI is InChI=1S/C16H13N3O4/c1-23-15(21)10-3-2-4-11(7-10)17-14(20)9-5-6-12-13(8-9)19-16(22)18-12/h2-8H,1H3,(H,17,20)(H2,18,19,22). The van der Waals surface area contributed by atoms with Gasteiger partial charge in [0.2, 0.25) is 0 Å². The summed E-state index contributed by atoms with van der Waals surface area (Å²) in [6, 6.07) is 11.3. The van der Waals surface area contributed by atoms with Gasteiger partial charge in [-0.1, -0.05) is 6.07 Å². The van der Waals surface area contributed by atoms with Gasteiger partial charge in [0.25, 0.3) is 5.91 Å². The van der Waals surface area contributed by atoms with Crippen molar-refractivity contribution < 1.29 is 14.3 Å². The van der Waals surface area contributed by atoms with Crippen LogP contribution in [0.2, 0.25) is 0 Å². The Kier molecular flexibility index (Phi) is 3.68. The highest BCUT2D eigenvalue weighted by atomic mass is 16.5. The Morgan fingerprint density at radius 2 is 1.78 bits per heavy atom. The fourth-order valence-corrected chi connectivity index (χ4v) is 2.22. The van der Waals surface area contributed by atoms with Crippen LogP contribution in [0.4, 0.5) is 5.69 Å². The van der Waals surface area contributed by atoms with Crippen molar-refractivity contribution in [3.8, 4) is 0 Å². The first-order valence-corrected chi connectivity index (χ1v) is 6.78. The lowest BCUT2D eigenvalue weighted by Crippen LogP contribution is -2.12. The first-order chi connectivity index (χ1) is 11.1. The van der Waals surface area contributed by atoms with Crippen LogP contribution in [0.15, 0.2) is 47.3 Å². The SMILES string of the molecule is COC(=O)c1cccc(NC(=O)c2ccc3[nH]c(=O)[nH]c3c2)c1. The van der Waals surface area contributed by atoms with Gasteiger partial charge in [0, 0.05) is 11.3 Å². The molecule has 2 aromatic carbocycles. The highest BCUT2D eigenvalue weighted by Gasteiger charge is 2.10. The number of nitrogens with one attached hydrogen (secondary N) is 3. The van der Waals surface area contributed by atoms with E-state index in [2.05, 4.69) is 20.0 Å². The summed E-state index contributed by atoms with van der Waals surface area (Å²) in [6.07, 6.45) is 0. The molecule has 0 spiro atoms. The molecule has 0 aliphatic carbocycles. The fourth-order valence-electron chi connectivity index (χ4n) is 2.22. The number of aromatic amines is 2. The van der Waals surface area contributed by atoms with Gasteiger partial charge in [-0.05, 0) is 36.4 Å². The minimum absolute atomic E-state index is 0.330. The maximum Gasteiger partial charge on any atom is 0.337 e. The smallest absolute Gasteiger partial charge is 0.337 e. The average molecular weight is 311 g/mol. The Hall–Kier alpha value is -3.35. The number of fused-ring (bicyclic) bond motifs is 1. The number of hydrogen-bond donors (Lipinski definition) is 3. The van der Waals surface area contributed by atoms with Crippen LogP contribution in [0.25, 0.3) is 11.0 Å². The van der Waals surface area contributed by atoms with Gasteiger partial charge < -0.3 is 20.0 Å². The molecule has 3 N–H and O–H groups in total. The molecule has 7 heteroatoms. The second-order valence-electron chi connectivity index (χ2n) is 4.87. The van der Waals surface area contributed by atoms with E-state index in [1.165, 1.54) is 13.2 Å². The van der Waals surface area contributed by atoms with E-state index in [9.17, 15) is 14.4 Å². The van der Waals surface area contributed by atoms with Crippen molar-refractivity contribution in [2.45, 2.75) is 0 Å². The monoisotopic (exact) mass is 311 g/mol. The van der Waals surface area contributed by atoms with Crippen LogP contribution < -0.4 is 11.0 Å². The lowest BCUT2D eigenvalue weighted by Gasteiger charge is -2.07. The molecule has 0 aliphatic rings. The van der Waals surface area contributed by atoms with E-state index < -0.39 is 5.97 Å². The number of anilines is 1. The van der Waals surface area contributed by atoms with Crippen molar-refractivity contribution in [1.82, 2.24) is 9.97 Å². The third kappa shape index (κ3) is 2.98. The summed E-state index contributed by atoms with van der Waals surface area (Å²) in [5.74, 6) is -0.830. The lowest BCUT2D eigenvalue weighted by atomic mass is 10.1. The number of benzene rings is 2. The number of methoxy groups -OCH3 is 1. The minimum Gasteiger partial charge on any atom is -0.465 e. The van der Waals surface area contributed by atoms with Crippen molar-refractivity contribution in [2.24, 2.45) is 0 Å². The van der Waals surface area contributed by atoms with E-state index in [0.29, 0.717) is 27.8 Å². The zero-order chi connectivity index (χ0) is 16.4. The largest absolute Gasteiger partial charge is 0.465 e. The van der Waals surface area contributed by atoms with Gasteiger partial charge in [-0.3, -0.25) is 4.79 Å². The molecular weight excluding hydrogens is 298 g/mol. The normalized spacial score (nSPS) is 10.5. The second kappa shape index (κ2) is 5.80. The molecule has 0 unspecified atom stereocenters. The zero-order valence-corrected chi connectivity index (χ0v) is 12.2. The van der Waals surface area contributed by atoms with Crippen molar-refractivity contribution in [2.75, 3.05) is 12.4 Å². The number of ether oxygens (including phenoxy) is 1. The van der Waals surface area contributed by atoms with Gasteiger partial charge in [-0.2, -0.15) is 0 Å². The Morgan fingerprint density at radius 3 is 2.57 bits per heavy atom. The Bertz CT molecular complexity index is 955. The molecule has 1 amide bonds.